The van der Waals surface area contributed by atoms with Gasteiger partial charge in [0.05, 0.1) is 13.0 Å². The summed E-state index contributed by atoms with van der Waals surface area (Å²) in [5, 5.41) is 15.6. The third-order valence-electron chi connectivity index (χ3n) is 5.41. The zero-order valence-electron chi connectivity index (χ0n) is 15.7. The molecule has 0 saturated carbocycles. The number of nitrogens with zero attached hydrogens (tertiary/aromatic N) is 1. The van der Waals surface area contributed by atoms with Gasteiger partial charge < -0.3 is 14.9 Å². The van der Waals surface area contributed by atoms with Crippen LogP contribution in [0.25, 0.3) is 0 Å². The third kappa shape index (κ3) is 5.42. The Labute approximate surface area is 172 Å². The second kappa shape index (κ2) is 9.84. The fourth-order valence-corrected chi connectivity index (χ4v) is 4.38. The lowest BCUT2D eigenvalue weighted by atomic mass is 9.76. The SMILES string of the molecule is COC(=O)[C@@H]1[C@@H](c2ccc(Br)cc2)C[C@@H]2CC[C@H]1N2C.O=C(O)/C=C/C(=O)O. The summed E-state index contributed by atoms with van der Waals surface area (Å²) in [5.41, 5.74) is 1.26. The minimum Gasteiger partial charge on any atom is -0.478 e. The van der Waals surface area contributed by atoms with E-state index in [2.05, 4.69) is 52.1 Å². The van der Waals surface area contributed by atoms with Gasteiger partial charge in [0.25, 0.3) is 0 Å². The average Bonchev–Trinajstić information content (AvgIpc) is 2.89. The molecule has 2 bridgehead atoms. The molecule has 0 unspecified atom stereocenters. The van der Waals surface area contributed by atoms with Crippen molar-refractivity contribution in [2.45, 2.75) is 37.3 Å². The molecule has 1 aromatic rings. The molecule has 1 aromatic carbocycles. The van der Waals surface area contributed by atoms with E-state index in [1.807, 2.05) is 0 Å². The Morgan fingerprint density at radius 2 is 1.68 bits per heavy atom. The third-order valence-corrected chi connectivity index (χ3v) is 5.94. The van der Waals surface area contributed by atoms with Gasteiger partial charge in [0.1, 0.15) is 0 Å². The van der Waals surface area contributed by atoms with Gasteiger partial charge >= 0.3 is 17.9 Å². The minimum absolute atomic E-state index is 0.0371. The molecule has 7 nitrogen and oxygen atoms in total. The van der Waals surface area contributed by atoms with Crippen molar-refractivity contribution in [3.63, 3.8) is 0 Å². The summed E-state index contributed by atoms with van der Waals surface area (Å²) >= 11 is 3.47. The number of ether oxygens (including phenoxy) is 1. The fraction of sp³-hybridized carbons (Fsp3) is 0.450. The summed E-state index contributed by atoms with van der Waals surface area (Å²) < 4.78 is 6.16. The fourth-order valence-electron chi connectivity index (χ4n) is 4.12. The number of hydrogen-bond donors (Lipinski definition) is 2. The quantitative estimate of drug-likeness (QED) is 0.533. The first-order chi connectivity index (χ1) is 13.2. The van der Waals surface area contributed by atoms with Crippen LogP contribution < -0.4 is 0 Å². The number of carbonyl (C=O) groups excluding carboxylic acids is 1. The van der Waals surface area contributed by atoms with Crippen LogP contribution in [0.15, 0.2) is 40.9 Å². The maximum absolute atomic E-state index is 12.3. The van der Waals surface area contributed by atoms with E-state index in [1.54, 1.807) is 0 Å². The van der Waals surface area contributed by atoms with Crippen molar-refractivity contribution in [1.82, 2.24) is 4.90 Å². The molecule has 152 valence electrons. The van der Waals surface area contributed by atoms with Crippen LogP contribution in [-0.4, -0.2) is 59.3 Å². The number of halogens is 1. The van der Waals surface area contributed by atoms with Crippen LogP contribution in [-0.2, 0) is 19.1 Å². The highest BCUT2D eigenvalue weighted by molar-refractivity contribution is 9.10. The van der Waals surface area contributed by atoms with E-state index >= 15 is 0 Å². The van der Waals surface area contributed by atoms with Crippen LogP contribution in [0.1, 0.15) is 30.7 Å². The topological polar surface area (TPSA) is 104 Å². The summed E-state index contributed by atoms with van der Waals surface area (Å²) in [6.07, 6.45) is 4.47. The lowest BCUT2D eigenvalue weighted by Crippen LogP contribution is -2.49. The van der Waals surface area contributed by atoms with Crippen molar-refractivity contribution in [1.29, 1.82) is 0 Å². The number of benzene rings is 1. The Hall–Kier alpha value is -2.19. The van der Waals surface area contributed by atoms with Gasteiger partial charge in [-0.1, -0.05) is 28.1 Å². The first-order valence-corrected chi connectivity index (χ1v) is 9.73. The first kappa shape index (κ1) is 22.1. The first-order valence-electron chi connectivity index (χ1n) is 8.93. The zero-order chi connectivity index (χ0) is 20.8. The second-order valence-corrected chi connectivity index (χ2v) is 7.83. The Bertz CT molecular complexity index is 732. The molecule has 3 rings (SSSR count). The van der Waals surface area contributed by atoms with E-state index in [9.17, 15) is 14.4 Å². The maximum atomic E-state index is 12.3. The van der Waals surface area contributed by atoms with Crippen molar-refractivity contribution < 1.29 is 29.3 Å². The molecular formula is C20H24BrNO6. The Balaban J connectivity index is 0.000000300. The highest BCUT2D eigenvalue weighted by Gasteiger charge is 2.49. The van der Waals surface area contributed by atoms with Gasteiger partial charge in [0.2, 0.25) is 0 Å². The Morgan fingerprint density at radius 3 is 2.18 bits per heavy atom. The second-order valence-electron chi connectivity index (χ2n) is 6.92. The molecule has 0 aromatic heterocycles. The van der Waals surface area contributed by atoms with Gasteiger partial charge in [-0.3, -0.25) is 9.69 Å². The number of methoxy groups -OCH3 is 1. The summed E-state index contributed by atoms with van der Waals surface area (Å²) in [4.78, 5) is 33.8. The predicted octanol–water partition coefficient (Wildman–Crippen LogP) is 2.90. The number of esters is 1. The molecule has 28 heavy (non-hydrogen) atoms. The molecule has 2 heterocycles. The van der Waals surface area contributed by atoms with Crippen molar-refractivity contribution in [2.24, 2.45) is 5.92 Å². The van der Waals surface area contributed by atoms with E-state index in [0.29, 0.717) is 24.2 Å². The van der Waals surface area contributed by atoms with Crippen LogP contribution in [0.4, 0.5) is 0 Å². The molecule has 2 saturated heterocycles. The summed E-state index contributed by atoms with van der Waals surface area (Å²) in [6, 6.07) is 9.32. The van der Waals surface area contributed by atoms with E-state index in [0.717, 1.165) is 17.3 Å². The molecule has 0 spiro atoms. The van der Waals surface area contributed by atoms with Gasteiger partial charge in [0.15, 0.2) is 0 Å². The monoisotopic (exact) mass is 453 g/mol. The van der Waals surface area contributed by atoms with Gasteiger partial charge in [-0.05, 0) is 44.0 Å². The van der Waals surface area contributed by atoms with Crippen LogP contribution in [0.3, 0.4) is 0 Å². The van der Waals surface area contributed by atoms with E-state index < -0.39 is 11.9 Å². The van der Waals surface area contributed by atoms with E-state index in [4.69, 9.17) is 14.9 Å². The number of rotatable bonds is 4. The predicted molar refractivity (Wildman–Crippen MR) is 106 cm³/mol. The Kier molecular flexibility index (Phi) is 7.77. The smallest absolute Gasteiger partial charge is 0.328 e. The number of aliphatic carboxylic acids is 2. The van der Waals surface area contributed by atoms with E-state index in [-0.39, 0.29) is 17.8 Å². The molecule has 0 aliphatic carbocycles. The Morgan fingerprint density at radius 1 is 1.11 bits per heavy atom. The highest BCUT2D eigenvalue weighted by atomic mass is 79.9. The van der Waals surface area contributed by atoms with Crippen LogP contribution in [0.2, 0.25) is 0 Å². The lowest BCUT2D eigenvalue weighted by Gasteiger charge is -2.41. The van der Waals surface area contributed by atoms with Gasteiger partial charge in [-0.2, -0.15) is 0 Å². The molecule has 0 amide bonds. The summed E-state index contributed by atoms with van der Waals surface area (Å²) in [7, 11) is 3.65. The number of hydrogen-bond acceptors (Lipinski definition) is 5. The number of carboxylic acid groups (broad SMARTS) is 2. The van der Waals surface area contributed by atoms with Crippen LogP contribution in [0.5, 0.6) is 0 Å². The molecule has 4 atom stereocenters. The summed E-state index contributed by atoms with van der Waals surface area (Å²) in [5.74, 6) is -2.33. The number of fused-ring (bicyclic) bond motifs is 2. The molecule has 2 fully saturated rings. The molecule has 0 radical (unpaired) electrons. The summed E-state index contributed by atoms with van der Waals surface area (Å²) in [6.45, 7) is 0. The van der Waals surface area contributed by atoms with Gasteiger partial charge in [0, 0.05) is 34.6 Å². The lowest BCUT2D eigenvalue weighted by molar-refractivity contribution is -0.150. The molecular weight excluding hydrogens is 430 g/mol. The largest absolute Gasteiger partial charge is 0.478 e. The highest BCUT2D eigenvalue weighted by Crippen LogP contribution is 2.46. The van der Waals surface area contributed by atoms with Gasteiger partial charge in [-0.25, -0.2) is 9.59 Å². The molecule has 2 N–H and O–H groups in total. The van der Waals surface area contributed by atoms with Crippen molar-refractivity contribution >= 4 is 33.8 Å². The van der Waals surface area contributed by atoms with Gasteiger partial charge in [-0.15, -0.1) is 0 Å². The number of carboxylic acids is 2. The zero-order valence-corrected chi connectivity index (χ0v) is 17.3. The van der Waals surface area contributed by atoms with E-state index in [1.165, 1.54) is 19.1 Å². The normalized spacial score (nSPS) is 26.4. The standard InChI is InChI=1S/C16H20BrNO2.C4H4O4/c1-18-12-7-8-14(18)15(16(19)20-2)13(9-12)10-3-5-11(17)6-4-10;5-3(6)1-2-4(7)8/h3-6,12-15H,7-9H2,1-2H3;1-2H,(H,5,6)(H,7,8)/b;2-1+/t12-,13+,14+,15+;/m0./s1. The van der Waals surface area contributed by atoms with Crippen LogP contribution >= 0.6 is 15.9 Å². The number of carbonyl (C=O) groups is 3. The van der Waals surface area contributed by atoms with Crippen molar-refractivity contribution in [3.8, 4) is 0 Å². The minimum atomic E-state index is -1.26. The maximum Gasteiger partial charge on any atom is 0.328 e. The van der Waals surface area contributed by atoms with Crippen molar-refractivity contribution in [2.75, 3.05) is 14.2 Å². The average molecular weight is 454 g/mol. The molecule has 2 aliphatic rings. The van der Waals surface area contributed by atoms with Crippen molar-refractivity contribution in [3.05, 3.63) is 46.5 Å². The molecule has 2 aliphatic heterocycles. The number of piperidine rings is 1. The van der Waals surface area contributed by atoms with Crippen LogP contribution in [0, 0.1) is 5.92 Å². The molecule has 8 heteroatoms.